The third kappa shape index (κ3) is 2.22. The highest BCUT2D eigenvalue weighted by atomic mass is 16.1. The lowest BCUT2D eigenvalue weighted by Gasteiger charge is -2.21. The van der Waals surface area contributed by atoms with E-state index in [4.69, 9.17) is 0 Å². The molecule has 2 aromatic carbocycles. The second-order valence-electron chi connectivity index (χ2n) is 6.37. The van der Waals surface area contributed by atoms with Gasteiger partial charge in [0.1, 0.15) is 0 Å². The van der Waals surface area contributed by atoms with E-state index < -0.39 is 0 Å². The molecule has 4 rings (SSSR count). The van der Waals surface area contributed by atoms with Crippen molar-refractivity contribution in [2.75, 3.05) is 0 Å². The number of carbonyl (C=O) groups excluding carboxylic acids is 1. The second kappa shape index (κ2) is 4.85. The molecular weight excluding hydrogens is 260 g/mol. The summed E-state index contributed by atoms with van der Waals surface area (Å²) in [4.78, 5) is 12.5. The Morgan fingerprint density at radius 1 is 1.24 bits per heavy atom. The van der Waals surface area contributed by atoms with Gasteiger partial charge in [-0.25, -0.2) is 0 Å². The molecule has 2 aliphatic heterocycles. The highest BCUT2D eigenvalue weighted by Crippen LogP contribution is 2.28. The van der Waals surface area contributed by atoms with Crippen molar-refractivity contribution in [3.8, 4) is 0 Å². The zero-order valence-corrected chi connectivity index (χ0v) is 12.2. The molecule has 3 nitrogen and oxygen atoms in total. The maximum Gasteiger partial charge on any atom is 0.251 e. The van der Waals surface area contributed by atoms with Gasteiger partial charge in [0.2, 0.25) is 0 Å². The maximum atomic E-state index is 12.5. The highest BCUT2D eigenvalue weighted by molar-refractivity contribution is 5.99. The molecule has 3 unspecified atom stereocenters. The maximum absolute atomic E-state index is 12.5. The van der Waals surface area contributed by atoms with Crippen molar-refractivity contribution >= 4 is 16.7 Å². The molecule has 21 heavy (non-hydrogen) atoms. The molecule has 2 fully saturated rings. The van der Waals surface area contributed by atoms with Gasteiger partial charge in [-0.3, -0.25) is 4.79 Å². The van der Waals surface area contributed by atoms with Crippen molar-refractivity contribution in [3.05, 3.63) is 47.5 Å². The van der Waals surface area contributed by atoms with Crippen molar-refractivity contribution in [1.82, 2.24) is 10.6 Å². The van der Waals surface area contributed by atoms with Gasteiger partial charge in [-0.15, -0.1) is 0 Å². The van der Waals surface area contributed by atoms with Crippen LogP contribution in [0.5, 0.6) is 0 Å². The lowest BCUT2D eigenvalue weighted by molar-refractivity contribution is 0.0931. The SMILES string of the molecule is Cc1cccc2ccc(C(=O)NC3CC4CCC3N4)cc12. The largest absolute Gasteiger partial charge is 0.348 e. The smallest absolute Gasteiger partial charge is 0.251 e. The molecule has 0 aromatic heterocycles. The monoisotopic (exact) mass is 280 g/mol. The van der Waals surface area contributed by atoms with Gasteiger partial charge in [0.25, 0.3) is 5.91 Å². The Bertz CT molecular complexity index is 709. The first kappa shape index (κ1) is 12.8. The van der Waals surface area contributed by atoms with Crippen LogP contribution in [0.4, 0.5) is 0 Å². The topological polar surface area (TPSA) is 41.1 Å². The fourth-order valence-corrected chi connectivity index (χ4v) is 3.81. The van der Waals surface area contributed by atoms with Crippen LogP contribution in [0.2, 0.25) is 0 Å². The summed E-state index contributed by atoms with van der Waals surface area (Å²) in [7, 11) is 0. The second-order valence-corrected chi connectivity index (χ2v) is 6.37. The van der Waals surface area contributed by atoms with Gasteiger partial charge < -0.3 is 10.6 Å². The minimum atomic E-state index is 0.0551. The summed E-state index contributed by atoms with van der Waals surface area (Å²) < 4.78 is 0. The standard InChI is InChI=1S/C18H20N2O/c1-11-3-2-4-12-5-6-13(9-15(11)12)18(21)20-17-10-14-7-8-16(17)19-14/h2-6,9,14,16-17,19H,7-8,10H2,1H3,(H,20,21). The molecule has 108 valence electrons. The highest BCUT2D eigenvalue weighted by Gasteiger charge is 2.39. The van der Waals surface area contributed by atoms with E-state index in [0.717, 1.165) is 17.4 Å². The molecule has 1 amide bonds. The molecule has 2 heterocycles. The Labute approximate surface area is 124 Å². The molecule has 2 saturated heterocycles. The van der Waals surface area contributed by atoms with Crippen molar-refractivity contribution in [2.24, 2.45) is 0 Å². The van der Waals surface area contributed by atoms with Crippen LogP contribution >= 0.6 is 0 Å². The van der Waals surface area contributed by atoms with Crippen molar-refractivity contribution in [1.29, 1.82) is 0 Å². The fourth-order valence-electron chi connectivity index (χ4n) is 3.81. The normalized spacial score (nSPS) is 27.2. The van der Waals surface area contributed by atoms with E-state index >= 15 is 0 Å². The van der Waals surface area contributed by atoms with E-state index in [1.807, 2.05) is 18.2 Å². The van der Waals surface area contributed by atoms with Gasteiger partial charge in [-0.2, -0.15) is 0 Å². The molecule has 3 heteroatoms. The molecule has 2 bridgehead atoms. The summed E-state index contributed by atoms with van der Waals surface area (Å²) in [5.74, 6) is 0.0551. The summed E-state index contributed by atoms with van der Waals surface area (Å²) in [6.07, 6.45) is 3.52. The predicted molar refractivity (Wildman–Crippen MR) is 84.5 cm³/mol. The fraction of sp³-hybridized carbons (Fsp3) is 0.389. The van der Waals surface area contributed by atoms with Crippen molar-refractivity contribution in [2.45, 2.75) is 44.3 Å². The van der Waals surface area contributed by atoms with Crippen LogP contribution in [0.3, 0.4) is 0 Å². The Morgan fingerprint density at radius 3 is 2.90 bits per heavy atom. The van der Waals surface area contributed by atoms with Gasteiger partial charge >= 0.3 is 0 Å². The number of benzene rings is 2. The molecule has 2 aliphatic rings. The molecule has 2 N–H and O–H groups in total. The van der Waals surface area contributed by atoms with E-state index in [9.17, 15) is 4.79 Å². The summed E-state index contributed by atoms with van der Waals surface area (Å²) in [5, 5.41) is 9.12. The Morgan fingerprint density at radius 2 is 2.14 bits per heavy atom. The molecule has 2 aromatic rings. The first-order chi connectivity index (χ1) is 10.2. The van der Waals surface area contributed by atoms with Crippen molar-refractivity contribution in [3.63, 3.8) is 0 Å². The van der Waals surface area contributed by atoms with E-state index in [-0.39, 0.29) is 5.91 Å². The minimum Gasteiger partial charge on any atom is -0.348 e. The van der Waals surface area contributed by atoms with Crippen LogP contribution in [0.25, 0.3) is 10.8 Å². The van der Waals surface area contributed by atoms with Crippen molar-refractivity contribution < 1.29 is 4.79 Å². The Hall–Kier alpha value is -1.87. The number of aryl methyl sites for hydroxylation is 1. The van der Waals surface area contributed by atoms with E-state index in [1.165, 1.54) is 23.8 Å². The molecule has 0 saturated carbocycles. The van der Waals surface area contributed by atoms with Gasteiger partial charge in [0.05, 0.1) is 0 Å². The van der Waals surface area contributed by atoms with Crippen LogP contribution < -0.4 is 10.6 Å². The third-order valence-electron chi connectivity index (χ3n) is 4.98. The minimum absolute atomic E-state index is 0.0551. The third-order valence-corrected chi connectivity index (χ3v) is 4.98. The molecular formula is C18H20N2O. The zero-order chi connectivity index (χ0) is 14.4. The quantitative estimate of drug-likeness (QED) is 0.888. The Kier molecular flexibility index (Phi) is 2.96. The summed E-state index contributed by atoms with van der Waals surface area (Å²) in [6, 6.07) is 13.6. The van der Waals surface area contributed by atoms with E-state index in [2.05, 4.69) is 35.8 Å². The number of fused-ring (bicyclic) bond motifs is 3. The average molecular weight is 280 g/mol. The number of hydrogen-bond acceptors (Lipinski definition) is 2. The lowest BCUT2D eigenvalue weighted by Crippen LogP contribution is -2.42. The predicted octanol–water partition coefficient (Wildman–Crippen LogP) is 2.77. The van der Waals surface area contributed by atoms with E-state index in [0.29, 0.717) is 18.1 Å². The van der Waals surface area contributed by atoms with Gasteiger partial charge in [0, 0.05) is 23.7 Å². The zero-order valence-electron chi connectivity index (χ0n) is 12.2. The summed E-state index contributed by atoms with van der Waals surface area (Å²) >= 11 is 0. The van der Waals surface area contributed by atoms with Crippen LogP contribution in [0.15, 0.2) is 36.4 Å². The summed E-state index contributed by atoms with van der Waals surface area (Å²) in [6.45, 7) is 2.09. The Balaban J connectivity index is 1.58. The van der Waals surface area contributed by atoms with Crippen LogP contribution in [-0.4, -0.2) is 24.0 Å². The van der Waals surface area contributed by atoms with Gasteiger partial charge in [-0.1, -0.05) is 24.3 Å². The van der Waals surface area contributed by atoms with Gasteiger partial charge in [0.15, 0.2) is 0 Å². The van der Waals surface area contributed by atoms with Crippen LogP contribution in [0.1, 0.15) is 35.2 Å². The van der Waals surface area contributed by atoms with Crippen LogP contribution in [-0.2, 0) is 0 Å². The number of carbonyl (C=O) groups is 1. The van der Waals surface area contributed by atoms with Crippen LogP contribution in [0, 0.1) is 6.92 Å². The average Bonchev–Trinajstić information content (AvgIpc) is 3.10. The van der Waals surface area contributed by atoms with E-state index in [1.54, 1.807) is 0 Å². The molecule has 0 spiro atoms. The molecule has 0 aliphatic carbocycles. The first-order valence-corrected chi connectivity index (χ1v) is 7.77. The molecule has 3 atom stereocenters. The molecule has 0 radical (unpaired) electrons. The number of amides is 1. The summed E-state index contributed by atoms with van der Waals surface area (Å²) in [5.41, 5.74) is 1.98. The van der Waals surface area contributed by atoms with Gasteiger partial charge in [-0.05, 0) is 54.7 Å². The number of nitrogens with one attached hydrogen (secondary N) is 2. The lowest BCUT2D eigenvalue weighted by atomic mass is 9.95. The first-order valence-electron chi connectivity index (χ1n) is 7.77. The number of hydrogen-bond donors (Lipinski definition) is 2. The number of rotatable bonds is 2.